The zero-order valence-electron chi connectivity index (χ0n) is 12.5. The van der Waals surface area contributed by atoms with E-state index in [2.05, 4.69) is 20.4 Å². The Bertz CT molecular complexity index is 233. The SMILES string of the molecule is C=C(C)C(=O)OCCCCC(C)CCCCCC. The van der Waals surface area contributed by atoms with Crippen LogP contribution in [0.1, 0.15) is 72.1 Å². The largest absolute Gasteiger partial charge is 0.462 e. The van der Waals surface area contributed by atoms with Crippen LogP contribution in [0.2, 0.25) is 0 Å². The maximum absolute atomic E-state index is 11.1. The number of hydrogen-bond donors (Lipinski definition) is 0. The first kappa shape index (κ1) is 17.2. The molecular formula is C16H30O2. The summed E-state index contributed by atoms with van der Waals surface area (Å²) in [5.41, 5.74) is 0.485. The van der Waals surface area contributed by atoms with E-state index >= 15 is 0 Å². The number of carbonyl (C=O) groups excluding carboxylic acids is 1. The lowest BCUT2D eigenvalue weighted by atomic mass is 9.97. The van der Waals surface area contributed by atoms with E-state index in [1.807, 2.05) is 0 Å². The molecule has 0 spiro atoms. The van der Waals surface area contributed by atoms with Gasteiger partial charge >= 0.3 is 5.97 Å². The molecule has 0 aliphatic heterocycles. The molecule has 1 atom stereocenters. The van der Waals surface area contributed by atoms with Gasteiger partial charge in [0, 0.05) is 5.57 Å². The first-order valence-corrected chi connectivity index (χ1v) is 7.40. The van der Waals surface area contributed by atoms with E-state index < -0.39 is 0 Å². The molecule has 0 rings (SSSR count). The Labute approximate surface area is 113 Å². The molecule has 2 nitrogen and oxygen atoms in total. The molecule has 0 aromatic carbocycles. The average Bonchev–Trinajstić information content (AvgIpc) is 2.33. The van der Waals surface area contributed by atoms with Crippen molar-refractivity contribution in [3.63, 3.8) is 0 Å². The van der Waals surface area contributed by atoms with Gasteiger partial charge in [-0.05, 0) is 25.7 Å². The minimum atomic E-state index is -0.261. The second kappa shape index (κ2) is 11.3. The van der Waals surface area contributed by atoms with Gasteiger partial charge in [0.1, 0.15) is 0 Å². The zero-order chi connectivity index (χ0) is 13.8. The fourth-order valence-electron chi connectivity index (χ4n) is 1.95. The highest BCUT2D eigenvalue weighted by atomic mass is 16.5. The Hall–Kier alpha value is -0.790. The summed E-state index contributed by atoms with van der Waals surface area (Å²) in [5, 5.41) is 0. The number of carbonyl (C=O) groups is 1. The van der Waals surface area contributed by atoms with Crippen LogP contribution in [0.4, 0.5) is 0 Å². The lowest BCUT2D eigenvalue weighted by Gasteiger charge is -2.11. The second-order valence-electron chi connectivity index (χ2n) is 5.37. The van der Waals surface area contributed by atoms with Crippen LogP contribution in [0.3, 0.4) is 0 Å². The number of hydrogen-bond acceptors (Lipinski definition) is 2. The predicted molar refractivity (Wildman–Crippen MR) is 77.5 cm³/mol. The molecule has 18 heavy (non-hydrogen) atoms. The topological polar surface area (TPSA) is 26.3 Å². The van der Waals surface area contributed by atoms with Crippen molar-refractivity contribution in [2.45, 2.75) is 72.1 Å². The summed E-state index contributed by atoms with van der Waals surface area (Å²) >= 11 is 0. The van der Waals surface area contributed by atoms with Gasteiger partial charge in [0.05, 0.1) is 6.61 Å². The summed E-state index contributed by atoms with van der Waals surface area (Å²) in [7, 11) is 0. The normalized spacial score (nSPS) is 12.2. The van der Waals surface area contributed by atoms with Gasteiger partial charge < -0.3 is 4.74 Å². The van der Waals surface area contributed by atoms with Gasteiger partial charge in [-0.2, -0.15) is 0 Å². The van der Waals surface area contributed by atoms with Crippen LogP contribution in [0.5, 0.6) is 0 Å². The molecule has 0 heterocycles. The summed E-state index contributed by atoms with van der Waals surface area (Å²) in [6, 6.07) is 0. The Morgan fingerprint density at radius 3 is 2.28 bits per heavy atom. The average molecular weight is 254 g/mol. The van der Waals surface area contributed by atoms with Crippen molar-refractivity contribution in [1.29, 1.82) is 0 Å². The van der Waals surface area contributed by atoms with Gasteiger partial charge in [-0.25, -0.2) is 4.79 Å². The molecule has 0 saturated carbocycles. The van der Waals surface area contributed by atoms with Gasteiger partial charge in [-0.1, -0.05) is 59.0 Å². The summed E-state index contributed by atoms with van der Waals surface area (Å²) in [6.07, 6.45) is 10.1. The first-order chi connectivity index (χ1) is 8.57. The maximum Gasteiger partial charge on any atom is 0.333 e. The van der Waals surface area contributed by atoms with Crippen LogP contribution in [-0.4, -0.2) is 12.6 Å². The molecule has 0 fully saturated rings. The number of esters is 1. The molecule has 0 aliphatic carbocycles. The van der Waals surface area contributed by atoms with E-state index in [-0.39, 0.29) is 5.97 Å². The standard InChI is InChI=1S/C16H30O2/c1-5-6-7-8-11-15(4)12-9-10-13-18-16(17)14(2)3/h15H,2,5-13H2,1,3-4H3. The van der Waals surface area contributed by atoms with E-state index in [0.29, 0.717) is 12.2 Å². The van der Waals surface area contributed by atoms with E-state index in [1.54, 1.807) is 6.92 Å². The van der Waals surface area contributed by atoms with E-state index in [4.69, 9.17) is 4.74 Å². The predicted octanol–water partition coefficient (Wildman–Crippen LogP) is 4.88. The number of unbranched alkanes of at least 4 members (excludes halogenated alkanes) is 4. The highest BCUT2D eigenvalue weighted by Gasteiger charge is 2.04. The van der Waals surface area contributed by atoms with Crippen LogP contribution in [0.25, 0.3) is 0 Å². The quantitative estimate of drug-likeness (QED) is 0.298. The molecule has 0 saturated heterocycles. The molecule has 0 aromatic rings. The smallest absolute Gasteiger partial charge is 0.333 e. The van der Waals surface area contributed by atoms with Crippen LogP contribution < -0.4 is 0 Å². The fraction of sp³-hybridized carbons (Fsp3) is 0.812. The van der Waals surface area contributed by atoms with Crippen molar-refractivity contribution in [1.82, 2.24) is 0 Å². The van der Waals surface area contributed by atoms with Crippen molar-refractivity contribution < 1.29 is 9.53 Å². The molecule has 2 heteroatoms. The minimum absolute atomic E-state index is 0.261. The molecule has 0 radical (unpaired) electrons. The van der Waals surface area contributed by atoms with Crippen LogP contribution in [0, 0.1) is 5.92 Å². The van der Waals surface area contributed by atoms with Crippen molar-refractivity contribution in [2.24, 2.45) is 5.92 Å². The van der Waals surface area contributed by atoms with Gasteiger partial charge in [0.15, 0.2) is 0 Å². The first-order valence-electron chi connectivity index (χ1n) is 7.40. The molecule has 0 amide bonds. The van der Waals surface area contributed by atoms with Gasteiger partial charge in [-0.3, -0.25) is 0 Å². The summed E-state index contributed by atoms with van der Waals surface area (Å²) < 4.78 is 5.06. The van der Waals surface area contributed by atoms with Crippen LogP contribution in [0.15, 0.2) is 12.2 Å². The number of rotatable bonds is 11. The maximum atomic E-state index is 11.1. The summed E-state index contributed by atoms with van der Waals surface area (Å²) in [6.45, 7) is 10.3. The lowest BCUT2D eigenvalue weighted by Crippen LogP contribution is -2.06. The highest BCUT2D eigenvalue weighted by Crippen LogP contribution is 2.16. The Morgan fingerprint density at radius 1 is 1.11 bits per heavy atom. The highest BCUT2D eigenvalue weighted by molar-refractivity contribution is 5.86. The minimum Gasteiger partial charge on any atom is -0.462 e. The monoisotopic (exact) mass is 254 g/mol. The van der Waals surface area contributed by atoms with Gasteiger partial charge in [-0.15, -0.1) is 0 Å². The van der Waals surface area contributed by atoms with Crippen LogP contribution >= 0.6 is 0 Å². The van der Waals surface area contributed by atoms with Crippen LogP contribution in [-0.2, 0) is 9.53 Å². The third-order valence-electron chi connectivity index (χ3n) is 3.22. The van der Waals surface area contributed by atoms with Gasteiger partial charge in [0.25, 0.3) is 0 Å². The van der Waals surface area contributed by atoms with Crippen molar-refractivity contribution >= 4 is 5.97 Å². The molecule has 0 aromatic heterocycles. The number of ether oxygens (including phenoxy) is 1. The van der Waals surface area contributed by atoms with Crippen molar-refractivity contribution in [2.75, 3.05) is 6.61 Å². The molecule has 0 aliphatic rings. The van der Waals surface area contributed by atoms with Crippen molar-refractivity contribution in [3.05, 3.63) is 12.2 Å². The molecule has 0 N–H and O–H groups in total. The third kappa shape index (κ3) is 10.4. The van der Waals surface area contributed by atoms with E-state index in [9.17, 15) is 4.79 Å². The lowest BCUT2D eigenvalue weighted by molar-refractivity contribution is -0.139. The second-order valence-corrected chi connectivity index (χ2v) is 5.37. The zero-order valence-corrected chi connectivity index (χ0v) is 12.5. The molecule has 0 bridgehead atoms. The fourth-order valence-corrected chi connectivity index (χ4v) is 1.95. The van der Waals surface area contributed by atoms with Crippen molar-refractivity contribution in [3.8, 4) is 0 Å². The summed E-state index contributed by atoms with van der Waals surface area (Å²) in [4.78, 5) is 11.1. The van der Waals surface area contributed by atoms with Gasteiger partial charge in [0.2, 0.25) is 0 Å². The third-order valence-corrected chi connectivity index (χ3v) is 3.22. The molecule has 1 unspecified atom stereocenters. The molecule has 106 valence electrons. The molecular weight excluding hydrogens is 224 g/mol. The summed E-state index contributed by atoms with van der Waals surface area (Å²) in [5.74, 6) is 0.543. The Morgan fingerprint density at radius 2 is 1.72 bits per heavy atom. The van der Waals surface area contributed by atoms with E-state index in [1.165, 1.54) is 38.5 Å². The Balaban J connectivity index is 3.32. The Kier molecular flexibility index (Phi) is 10.8. The van der Waals surface area contributed by atoms with E-state index in [0.717, 1.165) is 18.8 Å².